The Morgan fingerprint density at radius 2 is 1.94 bits per heavy atom. The Hall–Kier alpha value is -3.81. The van der Waals surface area contributed by atoms with E-state index >= 15 is 0 Å². The first-order chi connectivity index (χ1) is 17.5. The van der Waals surface area contributed by atoms with E-state index in [0.717, 1.165) is 48.1 Å². The predicted molar refractivity (Wildman–Crippen MR) is 133 cm³/mol. The summed E-state index contributed by atoms with van der Waals surface area (Å²) in [5, 5.41) is 1.03. The summed E-state index contributed by atoms with van der Waals surface area (Å²) in [4.78, 5) is 26.0. The lowest BCUT2D eigenvalue weighted by Crippen LogP contribution is -2.12. The lowest BCUT2D eigenvalue weighted by Gasteiger charge is -2.14. The molecule has 0 amide bonds. The van der Waals surface area contributed by atoms with Gasteiger partial charge in [0.1, 0.15) is 5.76 Å². The molecule has 7 nitrogen and oxygen atoms in total. The zero-order chi connectivity index (χ0) is 25.5. The van der Waals surface area contributed by atoms with Crippen molar-refractivity contribution in [3.05, 3.63) is 83.1 Å². The maximum absolute atomic E-state index is 14.4. The van der Waals surface area contributed by atoms with Gasteiger partial charge in [0, 0.05) is 17.3 Å². The van der Waals surface area contributed by atoms with Gasteiger partial charge in [-0.15, -0.1) is 0 Å². The molecule has 0 bridgehead atoms. The van der Waals surface area contributed by atoms with E-state index in [1.165, 1.54) is 19.2 Å². The summed E-state index contributed by atoms with van der Waals surface area (Å²) in [6.45, 7) is 3.87. The minimum Gasteiger partial charge on any atom is -0.494 e. The standard InChI is InChI=1S/C28H30FN3O4/c1-4-35-26(33)17-22(20-12-14-25(34-3)23(29)16-20)28-32-24(18(2)36-28)10-6-5-9-21-13-11-19-8-7-15-30-27(19)31-21/h7-8,11-16,22H,4-6,9-10,17H2,1-3H3. The molecular formula is C28H30FN3O4. The number of halogens is 1. The van der Waals surface area contributed by atoms with Gasteiger partial charge in [-0.1, -0.05) is 6.07 Å². The number of hydrogen-bond acceptors (Lipinski definition) is 7. The maximum Gasteiger partial charge on any atom is 0.306 e. The van der Waals surface area contributed by atoms with Crippen molar-refractivity contribution in [1.29, 1.82) is 0 Å². The molecule has 36 heavy (non-hydrogen) atoms. The first kappa shape index (κ1) is 25.3. The molecule has 8 heteroatoms. The number of ether oxygens (including phenoxy) is 2. The zero-order valence-corrected chi connectivity index (χ0v) is 20.8. The summed E-state index contributed by atoms with van der Waals surface area (Å²) < 4.78 is 30.6. The number of unbranched alkanes of at least 4 members (excludes halogenated alkanes) is 1. The lowest BCUT2D eigenvalue weighted by molar-refractivity contribution is -0.143. The van der Waals surface area contributed by atoms with Gasteiger partial charge in [0.15, 0.2) is 17.2 Å². The Labute approximate surface area is 209 Å². The molecule has 1 atom stereocenters. The van der Waals surface area contributed by atoms with E-state index < -0.39 is 17.7 Å². The van der Waals surface area contributed by atoms with Crippen molar-refractivity contribution < 1.29 is 23.1 Å². The highest BCUT2D eigenvalue weighted by Crippen LogP contribution is 2.32. The molecule has 1 aromatic carbocycles. The van der Waals surface area contributed by atoms with Crippen molar-refractivity contribution in [2.45, 2.75) is 51.9 Å². The van der Waals surface area contributed by atoms with Crippen LogP contribution in [0, 0.1) is 12.7 Å². The number of rotatable bonds is 11. The van der Waals surface area contributed by atoms with Gasteiger partial charge < -0.3 is 13.9 Å². The molecule has 0 aliphatic heterocycles. The van der Waals surface area contributed by atoms with E-state index in [4.69, 9.17) is 18.9 Å². The largest absolute Gasteiger partial charge is 0.494 e. The van der Waals surface area contributed by atoms with Crippen LogP contribution in [0.4, 0.5) is 4.39 Å². The lowest BCUT2D eigenvalue weighted by atomic mass is 9.95. The second-order valence-electron chi connectivity index (χ2n) is 8.57. The predicted octanol–water partition coefficient (Wildman–Crippen LogP) is 5.72. The van der Waals surface area contributed by atoms with Crippen LogP contribution in [0.1, 0.15) is 60.7 Å². The molecule has 0 N–H and O–H groups in total. The number of fused-ring (bicyclic) bond motifs is 1. The Kier molecular flexibility index (Phi) is 8.25. The van der Waals surface area contributed by atoms with Crippen LogP contribution in [0.3, 0.4) is 0 Å². The number of aryl methyl sites for hydroxylation is 3. The number of carbonyl (C=O) groups is 1. The van der Waals surface area contributed by atoms with Crippen LogP contribution in [0.5, 0.6) is 5.75 Å². The number of nitrogens with zero attached hydrogens (tertiary/aromatic N) is 3. The van der Waals surface area contributed by atoms with Gasteiger partial charge >= 0.3 is 5.97 Å². The highest BCUT2D eigenvalue weighted by atomic mass is 19.1. The number of benzene rings is 1. The Bertz CT molecular complexity index is 1340. The van der Waals surface area contributed by atoms with Crippen molar-refractivity contribution in [2.75, 3.05) is 13.7 Å². The van der Waals surface area contributed by atoms with Crippen molar-refractivity contribution in [1.82, 2.24) is 15.0 Å². The fraction of sp³-hybridized carbons (Fsp3) is 0.357. The summed E-state index contributed by atoms with van der Waals surface area (Å²) >= 11 is 0. The highest BCUT2D eigenvalue weighted by molar-refractivity contribution is 5.74. The summed E-state index contributed by atoms with van der Waals surface area (Å²) in [7, 11) is 1.41. The Balaban J connectivity index is 1.44. The molecule has 0 saturated heterocycles. The molecule has 0 saturated carbocycles. The molecule has 1 unspecified atom stereocenters. The number of pyridine rings is 2. The van der Waals surface area contributed by atoms with Crippen LogP contribution in [0.25, 0.3) is 11.0 Å². The van der Waals surface area contributed by atoms with Crippen LogP contribution in [0.15, 0.2) is 53.1 Å². The summed E-state index contributed by atoms with van der Waals surface area (Å²) in [6, 6.07) is 12.6. The number of oxazole rings is 1. The first-order valence-corrected chi connectivity index (χ1v) is 12.1. The Morgan fingerprint density at radius 3 is 2.72 bits per heavy atom. The number of methoxy groups -OCH3 is 1. The molecule has 3 aromatic heterocycles. The second kappa shape index (κ2) is 11.7. The number of esters is 1. The van der Waals surface area contributed by atoms with E-state index in [2.05, 4.69) is 9.97 Å². The molecule has 4 rings (SSSR count). The second-order valence-corrected chi connectivity index (χ2v) is 8.57. The molecule has 188 valence electrons. The van der Waals surface area contributed by atoms with Gasteiger partial charge in [-0.2, -0.15) is 0 Å². The molecule has 4 aromatic rings. The van der Waals surface area contributed by atoms with Crippen LogP contribution in [-0.4, -0.2) is 34.6 Å². The first-order valence-electron chi connectivity index (χ1n) is 12.1. The van der Waals surface area contributed by atoms with E-state index in [9.17, 15) is 9.18 Å². The zero-order valence-electron chi connectivity index (χ0n) is 20.8. The normalized spacial score (nSPS) is 12.0. The number of hydrogen-bond donors (Lipinski definition) is 0. The highest BCUT2D eigenvalue weighted by Gasteiger charge is 2.26. The topological polar surface area (TPSA) is 87.3 Å². The van der Waals surface area contributed by atoms with Crippen LogP contribution in [-0.2, 0) is 22.4 Å². The summed E-state index contributed by atoms with van der Waals surface area (Å²) in [6.07, 6.45) is 5.15. The van der Waals surface area contributed by atoms with Gasteiger partial charge in [0.25, 0.3) is 0 Å². The van der Waals surface area contributed by atoms with Crippen LogP contribution >= 0.6 is 0 Å². The monoisotopic (exact) mass is 491 g/mol. The van der Waals surface area contributed by atoms with E-state index in [1.54, 1.807) is 19.2 Å². The maximum atomic E-state index is 14.4. The van der Waals surface area contributed by atoms with Gasteiger partial charge in [-0.25, -0.2) is 19.3 Å². The van der Waals surface area contributed by atoms with Gasteiger partial charge in [-0.05, 0) is 81.5 Å². The van der Waals surface area contributed by atoms with Gasteiger partial charge in [0.05, 0.1) is 31.7 Å². The van der Waals surface area contributed by atoms with Gasteiger partial charge in [-0.3, -0.25) is 4.79 Å². The average molecular weight is 492 g/mol. The minimum absolute atomic E-state index is 0.000665. The third-order valence-corrected chi connectivity index (χ3v) is 6.08. The van der Waals surface area contributed by atoms with Crippen molar-refractivity contribution in [3.63, 3.8) is 0 Å². The van der Waals surface area contributed by atoms with Crippen LogP contribution in [0.2, 0.25) is 0 Å². The molecule has 0 spiro atoms. The van der Waals surface area contributed by atoms with Crippen molar-refractivity contribution in [2.24, 2.45) is 0 Å². The third kappa shape index (κ3) is 6.05. The molecule has 0 aliphatic carbocycles. The smallest absolute Gasteiger partial charge is 0.306 e. The van der Waals surface area contributed by atoms with Crippen LogP contribution < -0.4 is 4.74 Å². The third-order valence-electron chi connectivity index (χ3n) is 6.08. The summed E-state index contributed by atoms with van der Waals surface area (Å²) in [5.74, 6) is -0.262. The number of aromatic nitrogens is 3. The quantitative estimate of drug-likeness (QED) is 0.196. The summed E-state index contributed by atoms with van der Waals surface area (Å²) in [5.41, 5.74) is 3.18. The molecule has 0 radical (unpaired) electrons. The SMILES string of the molecule is CCOC(=O)CC(c1ccc(OC)c(F)c1)c1nc(CCCCc2ccc3cccnc3n2)c(C)o1. The molecule has 0 fully saturated rings. The molecular weight excluding hydrogens is 461 g/mol. The minimum atomic E-state index is -0.564. The van der Waals surface area contributed by atoms with E-state index in [-0.39, 0.29) is 18.8 Å². The van der Waals surface area contributed by atoms with E-state index in [0.29, 0.717) is 17.2 Å². The average Bonchev–Trinajstić information content (AvgIpc) is 3.25. The Morgan fingerprint density at radius 1 is 1.11 bits per heavy atom. The molecule has 0 aliphatic rings. The van der Waals surface area contributed by atoms with Gasteiger partial charge in [0.2, 0.25) is 5.89 Å². The fourth-order valence-electron chi connectivity index (χ4n) is 4.19. The number of carbonyl (C=O) groups excluding carboxylic acids is 1. The fourth-order valence-corrected chi connectivity index (χ4v) is 4.19. The molecule has 3 heterocycles. The van der Waals surface area contributed by atoms with Crippen molar-refractivity contribution in [3.8, 4) is 5.75 Å². The van der Waals surface area contributed by atoms with E-state index in [1.807, 2.05) is 31.2 Å². The van der Waals surface area contributed by atoms with Crippen molar-refractivity contribution >= 4 is 17.0 Å².